The van der Waals surface area contributed by atoms with Crippen LogP contribution in [0.15, 0.2) is 29.8 Å². The van der Waals surface area contributed by atoms with Gasteiger partial charge in [-0.25, -0.2) is 0 Å². The number of benzene rings is 1. The molecule has 1 heterocycles. The number of nitro groups is 1. The molecule has 1 amide bonds. The number of nitrogens with zero attached hydrogens (tertiary/aromatic N) is 2. The van der Waals surface area contributed by atoms with Crippen molar-refractivity contribution in [2.45, 2.75) is 26.3 Å². The molecular formula is C15H16N2O5. The first-order chi connectivity index (χ1) is 10.1. The summed E-state index contributed by atoms with van der Waals surface area (Å²) >= 11 is 0. The number of hydrogen-bond acceptors (Lipinski definition) is 5. The van der Waals surface area contributed by atoms with E-state index in [0.29, 0.717) is 0 Å². The van der Waals surface area contributed by atoms with E-state index in [0.717, 1.165) is 0 Å². The summed E-state index contributed by atoms with van der Waals surface area (Å²) in [6.45, 7) is 5.30. The number of non-ortho nitro benzene ring substituents is 1. The Morgan fingerprint density at radius 3 is 2.18 bits per heavy atom. The van der Waals surface area contributed by atoms with Crippen molar-refractivity contribution in [1.82, 2.24) is 4.90 Å². The summed E-state index contributed by atoms with van der Waals surface area (Å²) in [5.41, 5.74) is -0.756. The molecule has 0 aliphatic carbocycles. The number of nitro benzene ring substituents is 1. The number of amides is 1. The van der Waals surface area contributed by atoms with Gasteiger partial charge in [0.2, 0.25) is 0 Å². The molecule has 7 heteroatoms. The number of carbonyl (C=O) groups is 2. The zero-order chi connectivity index (χ0) is 16.7. The van der Waals surface area contributed by atoms with E-state index >= 15 is 0 Å². The summed E-state index contributed by atoms with van der Waals surface area (Å²) in [7, 11) is 0. The highest BCUT2D eigenvalue weighted by atomic mass is 16.6. The molecule has 1 aliphatic rings. The molecule has 7 nitrogen and oxygen atoms in total. The Balaban J connectivity index is 2.43. The van der Waals surface area contributed by atoms with Crippen molar-refractivity contribution in [2.24, 2.45) is 0 Å². The third-order valence-electron chi connectivity index (χ3n) is 3.44. The molecule has 1 aliphatic heterocycles. The van der Waals surface area contributed by atoms with E-state index in [1.807, 2.05) is 0 Å². The van der Waals surface area contributed by atoms with Crippen LogP contribution in [-0.4, -0.2) is 38.7 Å². The number of Topliss-reactive ketones (excluding diaryl/α,β-unsaturated/α-hetero) is 1. The number of likely N-dealkylation sites (tertiary alicyclic amines) is 1. The SMILES string of the molecule is CC(C)(C)N1CC(=O)/C(=C(/O)c2ccc([N+](=O)[O-])cc2)C1=O. The van der Waals surface area contributed by atoms with Crippen molar-refractivity contribution in [3.63, 3.8) is 0 Å². The molecule has 1 N–H and O–H groups in total. The Morgan fingerprint density at radius 1 is 1.23 bits per heavy atom. The molecule has 1 fully saturated rings. The number of carbonyl (C=O) groups excluding carboxylic acids is 2. The fourth-order valence-electron chi connectivity index (χ4n) is 2.21. The summed E-state index contributed by atoms with van der Waals surface area (Å²) in [5.74, 6) is -1.44. The maximum absolute atomic E-state index is 12.3. The molecule has 0 saturated carbocycles. The van der Waals surface area contributed by atoms with Gasteiger partial charge >= 0.3 is 0 Å². The molecule has 0 atom stereocenters. The van der Waals surface area contributed by atoms with Gasteiger partial charge in [0.25, 0.3) is 11.6 Å². The minimum atomic E-state index is -0.568. The molecule has 0 unspecified atom stereocenters. The first-order valence-corrected chi connectivity index (χ1v) is 6.66. The lowest BCUT2D eigenvalue weighted by molar-refractivity contribution is -0.384. The second-order valence-electron chi connectivity index (χ2n) is 6.01. The van der Waals surface area contributed by atoms with Crippen LogP contribution in [-0.2, 0) is 9.59 Å². The van der Waals surface area contributed by atoms with Crippen LogP contribution in [0.1, 0.15) is 26.3 Å². The molecule has 1 saturated heterocycles. The third-order valence-corrected chi connectivity index (χ3v) is 3.44. The van der Waals surface area contributed by atoms with Crippen LogP contribution in [0.25, 0.3) is 5.76 Å². The van der Waals surface area contributed by atoms with E-state index in [-0.39, 0.29) is 23.4 Å². The minimum Gasteiger partial charge on any atom is -0.506 e. The second-order valence-corrected chi connectivity index (χ2v) is 6.01. The lowest BCUT2D eigenvalue weighted by Gasteiger charge is -2.30. The lowest BCUT2D eigenvalue weighted by atomic mass is 10.1. The molecule has 0 bridgehead atoms. The molecule has 2 rings (SSSR count). The predicted octanol–water partition coefficient (Wildman–Crippen LogP) is 2.07. The lowest BCUT2D eigenvalue weighted by Crippen LogP contribution is -2.42. The monoisotopic (exact) mass is 304 g/mol. The van der Waals surface area contributed by atoms with Crippen molar-refractivity contribution in [3.8, 4) is 0 Å². The predicted molar refractivity (Wildman–Crippen MR) is 79.1 cm³/mol. The molecule has 1 aromatic carbocycles. The van der Waals surface area contributed by atoms with Crippen LogP contribution in [0.5, 0.6) is 0 Å². The molecular weight excluding hydrogens is 288 g/mol. The van der Waals surface area contributed by atoms with Gasteiger partial charge in [0.1, 0.15) is 11.3 Å². The molecule has 1 aromatic rings. The molecule has 0 spiro atoms. The number of aliphatic hydroxyl groups excluding tert-OH is 1. The smallest absolute Gasteiger partial charge is 0.269 e. The van der Waals surface area contributed by atoms with Gasteiger partial charge in [0, 0.05) is 23.2 Å². The van der Waals surface area contributed by atoms with Gasteiger partial charge in [0.15, 0.2) is 5.78 Å². The molecule has 22 heavy (non-hydrogen) atoms. The number of hydrogen-bond donors (Lipinski definition) is 1. The van der Waals surface area contributed by atoms with Crippen molar-refractivity contribution >= 4 is 23.1 Å². The van der Waals surface area contributed by atoms with Crippen LogP contribution >= 0.6 is 0 Å². The van der Waals surface area contributed by atoms with E-state index in [9.17, 15) is 24.8 Å². The Morgan fingerprint density at radius 2 is 1.77 bits per heavy atom. The zero-order valence-electron chi connectivity index (χ0n) is 12.5. The first-order valence-electron chi connectivity index (χ1n) is 6.66. The maximum atomic E-state index is 12.3. The fourth-order valence-corrected chi connectivity index (χ4v) is 2.21. The van der Waals surface area contributed by atoms with Crippen LogP contribution in [0, 0.1) is 10.1 Å². The van der Waals surface area contributed by atoms with Gasteiger partial charge in [-0.3, -0.25) is 19.7 Å². The van der Waals surface area contributed by atoms with Crippen molar-refractivity contribution in [2.75, 3.05) is 6.54 Å². The van der Waals surface area contributed by atoms with Crippen molar-refractivity contribution in [3.05, 3.63) is 45.5 Å². The van der Waals surface area contributed by atoms with E-state index in [1.54, 1.807) is 20.8 Å². The number of ketones is 1. The number of aliphatic hydroxyl groups is 1. The third kappa shape index (κ3) is 2.69. The normalized spacial score (nSPS) is 17.9. The standard InChI is InChI=1S/C15H16N2O5/c1-15(2,3)16-8-11(18)12(14(16)20)13(19)9-4-6-10(7-5-9)17(21)22/h4-7,19H,8H2,1-3H3/b13-12-. The topological polar surface area (TPSA) is 101 Å². The second kappa shape index (κ2) is 5.25. The van der Waals surface area contributed by atoms with Gasteiger partial charge in [0.05, 0.1) is 11.5 Å². The Kier molecular flexibility index (Phi) is 3.74. The highest BCUT2D eigenvalue weighted by Crippen LogP contribution is 2.28. The van der Waals surface area contributed by atoms with Crippen LogP contribution < -0.4 is 0 Å². The van der Waals surface area contributed by atoms with E-state index in [2.05, 4.69) is 0 Å². The highest BCUT2D eigenvalue weighted by molar-refractivity contribution is 6.28. The van der Waals surface area contributed by atoms with Gasteiger partial charge in [-0.2, -0.15) is 0 Å². The van der Waals surface area contributed by atoms with E-state index < -0.39 is 27.9 Å². The van der Waals surface area contributed by atoms with Crippen LogP contribution in [0.2, 0.25) is 0 Å². The first kappa shape index (κ1) is 15.7. The van der Waals surface area contributed by atoms with Crippen LogP contribution in [0.4, 0.5) is 5.69 Å². The highest BCUT2D eigenvalue weighted by Gasteiger charge is 2.41. The van der Waals surface area contributed by atoms with Crippen molar-refractivity contribution < 1.29 is 19.6 Å². The van der Waals surface area contributed by atoms with Gasteiger partial charge in [-0.1, -0.05) is 0 Å². The molecule has 0 aromatic heterocycles. The summed E-state index contributed by atoms with van der Waals surface area (Å²) < 4.78 is 0. The fraction of sp³-hybridized carbons (Fsp3) is 0.333. The Labute approximate surface area is 127 Å². The Hall–Kier alpha value is -2.70. The summed E-state index contributed by atoms with van der Waals surface area (Å²) in [5, 5.41) is 20.8. The van der Waals surface area contributed by atoms with Crippen LogP contribution in [0.3, 0.4) is 0 Å². The average Bonchev–Trinajstić information content (AvgIpc) is 2.73. The van der Waals surface area contributed by atoms with E-state index in [1.165, 1.54) is 29.2 Å². The maximum Gasteiger partial charge on any atom is 0.269 e. The quantitative estimate of drug-likeness (QED) is 0.296. The summed E-state index contributed by atoms with van der Waals surface area (Å²) in [4.78, 5) is 35.8. The van der Waals surface area contributed by atoms with Gasteiger partial charge in [-0.15, -0.1) is 0 Å². The summed E-state index contributed by atoms with van der Waals surface area (Å²) in [6.07, 6.45) is 0. The molecule has 116 valence electrons. The van der Waals surface area contributed by atoms with E-state index in [4.69, 9.17) is 0 Å². The Bertz CT molecular complexity index is 683. The number of rotatable bonds is 2. The average molecular weight is 304 g/mol. The van der Waals surface area contributed by atoms with Crippen molar-refractivity contribution in [1.29, 1.82) is 0 Å². The van der Waals surface area contributed by atoms with Gasteiger partial charge in [-0.05, 0) is 32.9 Å². The van der Waals surface area contributed by atoms with Gasteiger partial charge < -0.3 is 10.0 Å². The molecule has 0 radical (unpaired) electrons. The largest absolute Gasteiger partial charge is 0.506 e. The summed E-state index contributed by atoms with van der Waals surface area (Å²) in [6, 6.07) is 5.02. The minimum absolute atomic E-state index is 0.0886. The zero-order valence-corrected chi connectivity index (χ0v) is 12.5.